The Morgan fingerprint density at radius 3 is 2.62 bits per heavy atom. The van der Waals surface area contributed by atoms with Crippen LogP contribution in [0.4, 0.5) is 5.69 Å². The van der Waals surface area contributed by atoms with Crippen molar-refractivity contribution in [2.45, 2.75) is 45.3 Å². The molecule has 2 heterocycles. The van der Waals surface area contributed by atoms with Crippen LogP contribution in [0, 0.1) is 5.92 Å². The molecule has 1 aliphatic rings. The summed E-state index contributed by atoms with van der Waals surface area (Å²) in [5.74, 6) is -3.61. The van der Waals surface area contributed by atoms with E-state index < -0.39 is 48.2 Å². The molecule has 14 heteroatoms. The summed E-state index contributed by atoms with van der Waals surface area (Å²) >= 11 is 0. The molecular weight excluding hydrogens is 484 g/mol. The number of hydrogen-bond acceptors (Lipinski definition) is 8. The molecule has 0 spiro atoms. The highest BCUT2D eigenvalue weighted by Crippen LogP contribution is 2.32. The highest BCUT2D eigenvalue weighted by Gasteiger charge is 2.38. The molecule has 1 aliphatic heterocycles. The summed E-state index contributed by atoms with van der Waals surface area (Å²) in [6.45, 7) is 3.17. The molecule has 0 unspecified atom stereocenters. The number of carboxylic acid groups (broad SMARTS) is 1. The molecule has 1 aromatic carbocycles. The van der Waals surface area contributed by atoms with Gasteiger partial charge in [0.1, 0.15) is 12.1 Å². The number of nitrogens with one attached hydrogen (secondary N) is 4. The van der Waals surface area contributed by atoms with Gasteiger partial charge in [0, 0.05) is 24.3 Å². The van der Waals surface area contributed by atoms with Gasteiger partial charge in [-0.05, 0) is 17.5 Å². The van der Waals surface area contributed by atoms with E-state index in [1.807, 2.05) is 13.0 Å². The number of H-pyrrole nitrogens is 1. The van der Waals surface area contributed by atoms with Gasteiger partial charge in [-0.1, -0.05) is 43.7 Å². The largest absolute Gasteiger partial charge is 0.478 e. The molecule has 0 saturated heterocycles. The zero-order chi connectivity index (χ0) is 26.9. The third-order valence-electron chi connectivity index (χ3n) is 5.94. The van der Waals surface area contributed by atoms with Crippen LogP contribution in [0.3, 0.4) is 0 Å². The van der Waals surface area contributed by atoms with E-state index in [-0.39, 0.29) is 24.7 Å². The SMILES string of the molecule is CC[C@H](C)[C@H](NC(=O)/C=C/C(=O)O)C(=O)NCC(=O)N1c2ccccc2C[C@H]1C(=O)NCc1nn[nH]n1. The molecule has 0 saturated carbocycles. The molecule has 14 nitrogen and oxygen atoms in total. The first-order chi connectivity index (χ1) is 17.7. The van der Waals surface area contributed by atoms with E-state index in [9.17, 15) is 24.0 Å². The second-order valence-corrected chi connectivity index (χ2v) is 8.42. The number of anilines is 1. The zero-order valence-corrected chi connectivity index (χ0v) is 20.3. The van der Waals surface area contributed by atoms with Crippen LogP contribution in [0.5, 0.6) is 0 Å². The Morgan fingerprint density at radius 1 is 1.19 bits per heavy atom. The molecule has 0 bridgehead atoms. The number of benzene rings is 1. The molecule has 196 valence electrons. The van der Waals surface area contributed by atoms with Crippen LogP contribution in [0.2, 0.25) is 0 Å². The molecule has 2 aromatic rings. The summed E-state index contributed by atoms with van der Waals surface area (Å²) in [5.41, 5.74) is 1.36. The highest BCUT2D eigenvalue weighted by atomic mass is 16.4. The first-order valence-corrected chi connectivity index (χ1v) is 11.6. The van der Waals surface area contributed by atoms with Gasteiger partial charge in [0.2, 0.25) is 23.6 Å². The van der Waals surface area contributed by atoms with Crippen molar-refractivity contribution in [3.8, 4) is 0 Å². The van der Waals surface area contributed by atoms with Crippen LogP contribution >= 0.6 is 0 Å². The summed E-state index contributed by atoms with van der Waals surface area (Å²) in [5, 5.41) is 29.7. The highest BCUT2D eigenvalue weighted by molar-refractivity contribution is 6.05. The fourth-order valence-corrected chi connectivity index (χ4v) is 3.85. The van der Waals surface area contributed by atoms with Crippen molar-refractivity contribution in [1.82, 2.24) is 36.6 Å². The Labute approximate surface area is 211 Å². The van der Waals surface area contributed by atoms with Gasteiger partial charge < -0.3 is 21.1 Å². The molecule has 0 aliphatic carbocycles. The maximum absolute atomic E-state index is 13.2. The zero-order valence-electron chi connectivity index (χ0n) is 20.3. The molecule has 5 N–H and O–H groups in total. The monoisotopic (exact) mass is 512 g/mol. The fourth-order valence-electron chi connectivity index (χ4n) is 3.85. The van der Waals surface area contributed by atoms with Crippen molar-refractivity contribution in [2.24, 2.45) is 5.92 Å². The van der Waals surface area contributed by atoms with E-state index in [1.54, 1.807) is 25.1 Å². The molecule has 4 amide bonds. The lowest BCUT2D eigenvalue weighted by Crippen LogP contribution is -2.54. The van der Waals surface area contributed by atoms with Gasteiger partial charge in [0.05, 0.1) is 13.1 Å². The average Bonchev–Trinajstić information content (AvgIpc) is 3.55. The number of rotatable bonds is 11. The number of aliphatic carboxylic acids is 1. The first-order valence-electron chi connectivity index (χ1n) is 11.6. The number of carboxylic acids is 1. The summed E-state index contributed by atoms with van der Waals surface area (Å²) in [6.07, 6.45) is 2.31. The molecule has 0 radical (unpaired) electrons. The average molecular weight is 513 g/mol. The standard InChI is InChI=1S/C23H28N8O6/c1-3-13(2)21(26-18(32)8-9-20(34)35)23(37)25-12-19(33)31-15-7-5-4-6-14(15)10-16(31)22(36)24-11-17-27-29-30-28-17/h4-9,13,16,21H,3,10-12H2,1-2H3,(H,24,36)(H,25,37)(H,26,32)(H,34,35)(H,27,28,29,30)/b9-8+/t13-,16-,21-/m0/s1. The molecule has 0 fully saturated rings. The summed E-state index contributed by atoms with van der Waals surface area (Å²) in [6, 6.07) is 5.25. The van der Waals surface area contributed by atoms with Gasteiger partial charge in [-0.15, -0.1) is 10.2 Å². The Bertz CT molecular complexity index is 1180. The van der Waals surface area contributed by atoms with Crippen LogP contribution in [0.1, 0.15) is 31.7 Å². The van der Waals surface area contributed by atoms with E-state index in [4.69, 9.17) is 5.11 Å². The third kappa shape index (κ3) is 6.96. The number of para-hydroxylation sites is 1. The van der Waals surface area contributed by atoms with Crippen LogP contribution in [-0.2, 0) is 36.9 Å². The van der Waals surface area contributed by atoms with Gasteiger partial charge in [0.25, 0.3) is 0 Å². The second-order valence-electron chi connectivity index (χ2n) is 8.42. The Hall–Kier alpha value is -4.62. The van der Waals surface area contributed by atoms with Crippen molar-refractivity contribution in [1.29, 1.82) is 0 Å². The fraction of sp³-hybridized carbons (Fsp3) is 0.391. The maximum atomic E-state index is 13.2. The Kier molecular flexibility index (Phi) is 9.02. The molecular formula is C23H28N8O6. The van der Waals surface area contributed by atoms with Gasteiger partial charge in [-0.2, -0.15) is 5.21 Å². The number of hydrogen-bond donors (Lipinski definition) is 5. The number of nitrogens with zero attached hydrogens (tertiary/aromatic N) is 4. The van der Waals surface area contributed by atoms with E-state index in [0.29, 0.717) is 18.2 Å². The maximum Gasteiger partial charge on any atom is 0.328 e. The van der Waals surface area contributed by atoms with Gasteiger partial charge >= 0.3 is 5.97 Å². The van der Waals surface area contributed by atoms with Crippen molar-refractivity contribution in [3.05, 3.63) is 47.8 Å². The van der Waals surface area contributed by atoms with Crippen molar-refractivity contribution in [2.75, 3.05) is 11.4 Å². The predicted octanol–water partition coefficient (Wildman–Crippen LogP) is -0.938. The second kappa shape index (κ2) is 12.4. The van der Waals surface area contributed by atoms with Gasteiger partial charge in [-0.25, -0.2) is 4.79 Å². The third-order valence-corrected chi connectivity index (χ3v) is 5.94. The quantitative estimate of drug-likeness (QED) is 0.236. The predicted molar refractivity (Wildman–Crippen MR) is 129 cm³/mol. The normalized spacial score (nSPS) is 16.1. The lowest BCUT2D eigenvalue weighted by molar-refractivity contribution is -0.132. The number of carbonyl (C=O) groups is 5. The number of fused-ring (bicyclic) bond motifs is 1. The summed E-state index contributed by atoms with van der Waals surface area (Å²) < 4.78 is 0. The van der Waals surface area contributed by atoms with Gasteiger partial charge in [0.15, 0.2) is 5.82 Å². The number of carbonyl (C=O) groups excluding carboxylic acids is 4. The lowest BCUT2D eigenvalue weighted by Gasteiger charge is -2.26. The van der Waals surface area contributed by atoms with Crippen LogP contribution in [0.15, 0.2) is 36.4 Å². The van der Waals surface area contributed by atoms with Crippen molar-refractivity contribution < 1.29 is 29.1 Å². The summed E-state index contributed by atoms with van der Waals surface area (Å²) in [7, 11) is 0. The minimum Gasteiger partial charge on any atom is -0.478 e. The molecule has 3 rings (SSSR count). The molecule has 3 atom stereocenters. The van der Waals surface area contributed by atoms with Gasteiger partial charge in [-0.3, -0.25) is 24.1 Å². The number of tetrazole rings is 1. The smallest absolute Gasteiger partial charge is 0.328 e. The van der Waals surface area contributed by atoms with E-state index in [0.717, 1.165) is 11.6 Å². The van der Waals surface area contributed by atoms with Crippen LogP contribution in [0.25, 0.3) is 0 Å². The van der Waals surface area contributed by atoms with E-state index in [2.05, 4.69) is 36.6 Å². The molecule has 37 heavy (non-hydrogen) atoms. The van der Waals surface area contributed by atoms with Crippen molar-refractivity contribution in [3.63, 3.8) is 0 Å². The number of aromatic amines is 1. The minimum atomic E-state index is -1.30. The van der Waals surface area contributed by atoms with Crippen molar-refractivity contribution >= 4 is 35.3 Å². The Balaban J connectivity index is 1.69. The first kappa shape index (κ1) is 27.0. The van der Waals surface area contributed by atoms with Crippen LogP contribution < -0.4 is 20.9 Å². The number of amides is 4. The minimum absolute atomic E-state index is 0.0214. The Morgan fingerprint density at radius 2 is 1.95 bits per heavy atom. The van der Waals surface area contributed by atoms with Crippen LogP contribution in [-0.4, -0.2) is 74.0 Å². The topological polar surface area (TPSA) is 199 Å². The van der Waals surface area contributed by atoms with E-state index in [1.165, 1.54) is 4.90 Å². The number of aromatic nitrogens is 4. The molecule has 1 aromatic heterocycles. The van der Waals surface area contributed by atoms with E-state index >= 15 is 0 Å². The lowest BCUT2D eigenvalue weighted by atomic mass is 9.98. The summed E-state index contributed by atoms with van der Waals surface area (Å²) in [4.78, 5) is 63.1.